The second-order valence-corrected chi connectivity index (χ2v) is 9.00. The zero-order valence-electron chi connectivity index (χ0n) is 17.2. The van der Waals surface area contributed by atoms with Crippen molar-refractivity contribution in [3.8, 4) is 0 Å². The number of aromatic nitrogens is 3. The number of nitrogens with one attached hydrogen (secondary N) is 2. The maximum absolute atomic E-state index is 13.2. The molecular weight excluding hydrogens is 479 g/mol. The van der Waals surface area contributed by atoms with Crippen LogP contribution in [0.25, 0.3) is 21.0 Å². The molecule has 10 heteroatoms. The Morgan fingerprint density at radius 1 is 1.03 bits per heavy atom. The Morgan fingerprint density at radius 3 is 2.70 bits per heavy atom. The molecule has 0 aliphatic rings. The highest BCUT2D eigenvalue weighted by Gasteiger charge is 2.18. The van der Waals surface area contributed by atoms with Crippen molar-refractivity contribution >= 4 is 84.4 Å². The Kier molecular flexibility index (Phi) is 5.49. The number of carbonyl (C=O) groups excluding carboxylic acids is 1. The summed E-state index contributed by atoms with van der Waals surface area (Å²) in [4.78, 5) is 25.9. The molecule has 0 atom stereocenters. The number of amides is 1. The highest BCUT2D eigenvalue weighted by molar-refractivity contribution is 7.18. The van der Waals surface area contributed by atoms with E-state index in [1.165, 1.54) is 17.7 Å². The van der Waals surface area contributed by atoms with Crippen LogP contribution in [-0.2, 0) is 0 Å². The van der Waals surface area contributed by atoms with Gasteiger partial charge in [0.05, 0.1) is 31.5 Å². The number of aryl methyl sites for hydroxylation is 1. The van der Waals surface area contributed by atoms with E-state index >= 15 is 0 Å². The van der Waals surface area contributed by atoms with Gasteiger partial charge in [-0.1, -0.05) is 35.3 Å². The molecule has 0 aliphatic heterocycles. The second kappa shape index (κ2) is 8.47. The van der Waals surface area contributed by atoms with E-state index in [-0.39, 0.29) is 5.91 Å². The lowest BCUT2D eigenvalue weighted by Crippen LogP contribution is -2.13. The summed E-state index contributed by atoms with van der Waals surface area (Å²) in [6.07, 6.45) is 3.04. The monoisotopic (exact) mass is 494 g/mol. The van der Waals surface area contributed by atoms with Crippen LogP contribution in [0, 0.1) is 6.92 Å². The third kappa shape index (κ3) is 3.93. The molecule has 164 valence electrons. The maximum atomic E-state index is 13.2. The van der Waals surface area contributed by atoms with Gasteiger partial charge in [-0.05, 0) is 36.8 Å². The van der Waals surface area contributed by atoms with Crippen LogP contribution < -0.4 is 16.4 Å². The molecule has 33 heavy (non-hydrogen) atoms. The van der Waals surface area contributed by atoms with Gasteiger partial charge in [-0.25, -0.2) is 15.0 Å². The van der Waals surface area contributed by atoms with Crippen molar-refractivity contribution in [1.82, 2.24) is 15.0 Å². The number of fused-ring (bicyclic) bond motifs is 2. The summed E-state index contributed by atoms with van der Waals surface area (Å²) in [5.74, 6) is 0.711. The number of nitrogen functional groups attached to an aromatic ring is 1. The van der Waals surface area contributed by atoms with Crippen molar-refractivity contribution in [3.63, 3.8) is 0 Å². The number of nitrogens with two attached hydrogens (primary N) is 1. The minimum atomic E-state index is -0.272. The molecule has 0 unspecified atom stereocenters. The van der Waals surface area contributed by atoms with E-state index in [4.69, 9.17) is 28.9 Å². The first-order valence-corrected chi connectivity index (χ1v) is 11.5. The Balaban J connectivity index is 1.53. The summed E-state index contributed by atoms with van der Waals surface area (Å²) >= 11 is 13.5. The Morgan fingerprint density at radius 2 is 1.88 bits per heavy atom. The molecule has 0 saturated carbocycles. The van der Waals surface area contributed by atoms with Crippen LogP contribution in [0.2, 0.25) is 10.0 Å². The van der Waals surface area contributed by atoms with Gasteiger partial charge < -0.3 is 16.4 Å². The van der Waals surface area contributed by atoms with Crippen molar-refractivity contribution < 1.29 is 4.79 Å². The number of rotatable bonds is 4. The Hall–Kier alpha value is -3.46. The van der Waals surface area contributed by atoms with Crippen molar-refractivity contribution in [2.45, 2.75) is 6.92 Å². The van der Waals surface area contributed by atoms with Gasteiger partial charge in [0.15, 0.2) is 0 Å². The van der Waals surface area contributed by atoms with Gasteiger partial charge in [0, 0.05) is 28.0 Å². The molecule has 7 nitrogen and oxygen atoms in total. The van der Waals surface area contributed by atoms with Gasteiger partial charge in [0.2, 0.25) is 0 Å². The summed E-state index contributed by atoms with van der Waals surface area (Å²) in [6, 6.07) is 11.0. The fraction of sp³-hybridized carbons (Fsp3) is 0.0435. The van der Waals surface area contributed by atoms with E-state index in [0.29, 0.717) is 43.1 Å². The first-order chi connectivity index (χ1) is 15.9. The first kappa shape index (κ1) is 21.4. The van der Waals surface area contributed by atoms with Crippen LogP contribution in [0.1, 0.15) is 15.9 Å². The minimum Gasteiger partial charge on any atom is -0.382 e. The number of thiophene rings is 1. The minimum absolute atomic E-state index is 0.272. The largest absolute Gasteiger partial charge is 0.382 e. The van der Waals surface area contributed by atoms with Gasteiger partial charge in [0.1, 0.15) is 18.0 Å². The first-order valence-electron chi connectivity index (χ1n) is 9.82. The molecule has 2 aromatic carbocycles. The van der Waals surface area contributed by atoms with Crippen LogP contribution in [0.15, 0.2) is 54.3 Å². The quantitative estimate of drug-likeness (QED) is 0.265. The lowest BCUT2D eigenvalue weighted by Gasteiger charge is -2.15. The number of hydrogen-bond donors (Lipinski definition) is 3. The molecule has 1 amide bonds. The zero-order valence-corrected chi connectivity index (χ0v) is 19.5. The number of carbonyl (C=O) groups is 1. The van der Waals surface area contributed by atoms with E-state index in [1.807, 2.05) is 31.2 Å². The molecule has 5 aromatic rings. The normalized spacial score (nSPS) is 11.1. The van der Waals surface area contributed by atoms with Gasteiger partial charge in [0.25, 0.3) is 5.91 Å². The highest BCUT2D eigenvalue weighted by atomic mass is 35.5. The number of anilines is 4. The topological polar surface area (TPSA) is 106 Å². The molecule has 0 spiro atoms. The molecule has 0 fully saturated rings. The van der Waals surface area contributed by atoms with Gasteiger partial charge in [-0.2, -0.15) is 0 Å². The third-order valence-electron chi connectivity index (χ3n) is 5.20. The third-order valence-corrected chi connectivity index (χ3v) is 6.93. The van der Waals surface area contributed by atoms with E-state index in [9.17, 15) is 4.79 Å². The summed E-state index contributed by atoms with van der Waals surface area (Å²) < 4.78 is 0.689. The maximum Gasteiger partial charge on any atom is 0.258 e. The lowest BCUT2D eigenvalue weighted by molar-refractivity contribution is 0.102. The number of nitrogens with zero attached hydrogens (tertiary/aromatic N) is 3. The standard InChI is InChI=1S/C23H16Cl2N6OS/c1-11-2-4-14-13(6-7-27-22(14)30-12-3-5-16(24)17(25)8-12)18(11)31-23(32)15-9-33-20-19(15)28-10-29-21(20)26/h2-10H,1H3,(H,27,30)(H,31,32)(H2,26,28,29). The molecule has 0 radical (unpaired) electrons. The molecule has 0 aliphatic carbocycles. The summed E-state index contributed by atoms with van der Waals surface area (Å²) in [6.45, 7) is 1.94. The predicted octanol–water partition coefficient (Wildman–Crippen LogP) is 6.43. The smallest absolute Gasteiger partial charge is 0.258 e. The number of benzene rings is 2. The van der Waals surface area contributed by atoms with E-state index in [1.54, 1.807) is 23.7 Å². The van der Waals surface area contributed by atoms with E-state index in [0.717, 1.165) is 22.0 Å². The number of pyridine rings is 1. The molecule has 0 bridgehead atoms. The van der Waals surface area contributed by atoms with Crippen LogP contribution in [0.3, 0.4) is 0 Å². The molecule has 3 heterocycles. The predicted molar refractivity (Wildman–Crippen MR) is 136 cm³/mol. The molecule has 0 saturated heterocycles. The molecule has 5 rings (SSSR count). The number of hydrogen-bond acceptors (Lipinski definition) is 7. The van der Waals surface area contributed by atoms with Crippen LogP contribution in [0.5, 0.6) is 0 Å². The van der Waals surface area contributed by atoms with Crippen LogP contribution in [-0.4, -0.2) is 20.9 Å². The van der Waals surface area contributed by atoms with Crippen molar-refractivity contribution in [2.75, 3.05) is 16.4 Å². The Bertz CT molecular complexity index is 1550. The summed E-state index contributed by atoms with van der Waals surface area (Å²) in [7, 11) is 0. The van der Waals surface area contributed by atoms with E-state index < -0.39 is 0 Å². The second-order valence-electron chi connectivity index (χ2n) is 7.31. The summed E-state index contributed by atoms with van der Waals surface area (Å²) in [5, 5.41) is 10.7. The summed E-state index contributed by atoms with van der Waals surface area (Å²) in [5.41, 5.74) is 9.25. The van der Waals surface area contributed by atoms with E-state index in [2.05, 4.69) is 25.6 Å². The molecular formula is C23H16Cl2N6OS. The van der Waals surface area contributed by atoms with Crippen LogP contribution in [0.4, 0.5) is 23.0 Å². The van der Waals surface area contributed by atoms with Crippen LogP contribution >= 0.6 is 34.5 Å². The Labute approximate surface area is 202 Å². The van der Waals surface area contributed by atoms with Gasteiger partial charge in [-0.15, -0.1) is 11.3 Å². The zero-order chi connectivity index (χ0) is 23.1. The fourth-order valence-electron chi connectivity index (χ4n) is 3.55. The number of halogens is 2. The molecule has 3 aromatic heterocycles. The molecule has 4 N–H and O–H groups in total. The SMILES string of the molecule is Cc1ccc2c(Nc3ccc(Cl)c(Cl)c3)nccc2c1NC(=O)c1csc2c(N)ncnc12. The average Bonchev–Trinajstić information content (AvgIpc) is 3.24. The fourth-order valence-corrected chi connectivity index (χ4v) is 4.75. The van der Waals surface area contributed by atoms with Crippen molar-refractivity contribution in [1.29, 1.82) is 0 Å². The average molecular weight is 495 g/mol. The van der Waals surface area contributed by atoms with Crippen molar-refractivity contribution in [3.05, 3.63) is 75.5 Å². The van der Waals surface area contributed by atoms with Gasteiger partial charge >= 0.3 is 0 Å². The lowest BCUT2D eigenvalue weighted by atomic mass is 10.0. The van der Waals surface area contributed by atoms with Gasteiger partial charge in [-0.3, -0.25) is 4.79 Å². The van der Waals surface area contributed by atoms with Crippen molar-refractivity contribution in [2.24, 2.45) is 0 Å². The highest BCUT2D eigenvalue weighted by Crippen LogP contribution is 2.34.